The number of nitrogens with one attached hydrogen (secondary N) is 1. The third-order valence-corrected chi connectivity index (χ3v) is 3.72. The van der Waals surface area contributed by atoms with Crippen LogP contribution in [0.5, 0.6) is 0 Å². The van der Waals surface area contributed by atoms with Gasteiger partial charge in [0.1, 0.15) is 0 Å². The van der Waals surface area contributed by atoms with Crippen molar-refractivity contribution >= 4 is 5.69 Å². The lowest BCUT2D eigenvalue weighted by molar-refractivity contribution is 0.403. The molecule has 0 atom stereocenters. The fraction of sp³-hybridized carbons (Fsp3) is 0.625. The summed E-state index contributed by atoms with van der Waals surface area (Å²) in [6.45, 7) is 1.01. The highest BCUT2D eigenvalue weighted by Gasteiger charge is 2.13. The van der Waals surface area contributed by atoms with Gasteiger partial charge < -0.3 is 10.2 Å². The van der Waals surface area contributed by atoms with Gasteiger partial charge in [-0.1, -0.05) is 43.9 Å². The first-order chi connectivity index (χ1) is 8.75. The Morgan fingerprint density at radius 1 is 1.06 bits per heavy atom. The molecular formula is C16H26N2. The molecule has 0 unspecified atom stereocenters. The Balaban J connectivity index is 2.02. The number of hydrogen-bond acceptors (Lipinski definition) is 2. The molecule has 0 spiro atoms. The van der Waals surface area contributed by atoms with Crippen molar-refractivity contribution in [3.63, 3.8) is 0 Å². The molecule has 1 saturated carbocycles. The first kappa shape index (κ1) is 13.4. The van der Waals surface area contributed by atoms with Gasteiger partial charge in [0.2, 0.25) is 0 Å². The van der Waals surface area contributed by atoms with Crippen LogP contribution in [0.15, 0.2) is 24.3 Å². The van der Waals surface area contributed by atoms with Crippen LogP contribution in [0.2, 0.25) is 0 Å². The van der Waals surface area contributed by atoms with E-state index < -0.39 is 0 Å². The largest absolute Gasteiger partial charge is 0.382 e. The molecule has 0 aliphatic heterocycles. The topological polar surface area (TPSA) is 15.3 Å². The molecule has 0 aromatic heterocycles. The number of benzene rings is 1. The third-order valence-electron chi connectivity index (χ3n) is 3.72. The van der Waals surface area contributed by atoms with Gasteiger partial charge in [-0.05, 0) is 38.6 Å². The summed E-state index contributed by atoms with van der Waals surface area (Å²) in [7, 11) is 4.25. The van der Waals surface area contributed by atoms with E-state index in [2.05, 4.69) is 48.6 Å². The van der Waals surface area contributed by atoms with Crippen molar-refractivity contribution in [2.24, 2.45) is 0 Å². The average Bonchev–Trinajstić information content (AvgIpc) is 2.60. The lowest BCUT2D eigenvalue weighted by Gasteiger charge is -2.21. The van der Waals surface area contributed by atoms with E-state index in [-0.39, 0.29) is 0 Å². The van der Waals surface area contributed by atoms with Gasteiger partial charge >= 0.3 is 0 Å². The standard InChI is InChI=1S/C16H26N2/c1-18(2)13-14-9-7-8-12-16(14)17-15-10-5-3-4-6-11-15/h7-9,12,15,17H,3-6,10-11,13H2,1-2H3. The minimum atomic E-state index is 0.677. The van der Waals surface area contributed by atoms with Gasteiger partial charge in [-0.3, -0.25) is 0 Å². The number of anilines is 1. The smallest absolute Gasteiger partial charge is 0.0388 e. The molecule has 0 radical (unpaired) electrons. The number of hydrogen-bond donors (Lipinski definition) is 1. The van der Waals surface area contributed by atoms with E-state index in [4.69, 9.17) is 0 Å². The Morgan fingerprint density at radius 2 is 1.72 bits per heavy atom. The van der Waals surface area contributed by atoms with Crippen molar-refractivity contribution in [2.75, 3.05) is 19.4 Å². The fourth-order valence-electron chi connectivity index (χ4n) is 2.78. The van der Waals surface area contributed by atoms with E-state index in [1.807, 2.05) is 0 Å². The molecule has 100 valence electrons. The van der Waals surface area contributed by atoms with Gasteiger partial charge in [0.05, 0.1) is 0 Å². The number of nitrogens with zero attached hydrogens (tertiary/aromatic N) is 1. The van der Waals surface area contributed by atoms with Crippen LogP contribution in [0.25, 0.3) is 0 Å². The fourth-order valence-corrected chi connectivity index (χ4v) is 2.78. The molecule has 0 saturated heterocycles. The summed E-state index contributed by atoms with van der Waals surface area (Å²) in [6.07, 6.45) is 8.25. The van der Waals surface area contributed by atoms with Crippen LogP contribution in [0.3, 0.4) is 0 Å². The molecule has 2 nitrogen and oxygen atoms in total. The first-order valence-corrected chi connectivity index (χ1v) is 7.25. The summed E-state index contributed by atoms with van der Waals surface area (Å²) >= 11 is 0. The highest BCUT2D eigenvalue weighted by molar-refractivity contribution is 5.51. The van der Waals surface area contributed by atoms with Crippen LogP contribution in [-0.2, 0) is 6.54 Å². The average molecular weight is 246 g/mol. The summed E-state index contributed by atoms with van der Waals surface area (Å²) in [5.41, 5.74) is 2.74. The van der Waals surface area contributed by atoms with E-state index in [0.29, 0.717) is 6.04 Å². The zero-order valence-electron chi connectivity index (χ0n) is 11.8. The Morgan fingerprint density at radius 3 is 2.39 bits per heavy atom. The molecular weight excluding hydrogens is 220 g/mol. The van der Waals surface area contributed by atoms with Crippen LogP contribution in [-0.4, -0.2) is 25.0 Å². The zero-order chi connectivity index (χ0) is 12.8. The number of para-hydroxylation sites is 1. The molecule has 0 amide bonds. The molecule has 1 aliphatic carbocycles. The molecule has 1 aromatic rings. The third kappa shape index (κ3) is 4.02. The summed E-state index contributed by atoms with van der Waals surface area (Å²) in [6, 6.07) is 9.41. The van der Waals surface area contributed by atoms with E-state index >= 15 is 0 Å². The molecule has 0 heterocycles. The minimum absolute atomic E-state index is 0.677. The SMILES string of the molecule is CN(C)Cc1ccccc1NC1CCCCCC1. The zero-order valence-corrected chi connectivity index (χ0v) is 11.8. The Kier molecular flexibility index (Phi) is 5.06. The number of rotatable bonds is 4. The predicted molar refractivity (Wildman–Crippen MR) is 78.9 cm³/mol. The van der Waals surface area contributed by atoms with Gasteiger partial charge in [-0.25, -0.2) is 0 Å². The summed E-state index contributed by atoms with van der Waals surface area (Å²) in [5, 5.41) is 3.77. The van der Waals surface area contributed by atoms with Gasteiger partial charge in [0.25, 0.3) is 0 Å². The monoisotopic (exact) mass is 246 g/mol. The van der Waals surface area contributed by atoms with Gasteiger partial charge in [-0.2, -0.15) is 0 Å². The summed E-state index contributed by atoms with van der Waals surface area (Å²) < 4.78 is 0. The molecule has 1 fully saturated rings. The summed E-state index contributed by atoms with van der Waals surface area (Å²) in [5.74, 6) is 0. The maximum Gasteiger partial charge on any atom is 0.0388 e. The van der Waals surface area contributed by atoms with Crippen molar-refractivity contribution in [2.45, 2.75) is 51.1 Å². The second-order valence-corrected chi connectivity index (χ2v) is 5.73. The minimum Gasteiger partial charge on any atom is -0.382 e. The normalized spacial score (nSPS) is 17.7. The van der Waals surface area contributed by atoms with Crippen LogP contribution in [0, 0.1) is 0 Å². The Bertz CT molecular complexity index is 352. The maximum absolute atomic E-state index is 3.77. The Labute approximate surface area is 111 Å². The van der Waals surface area contributed by atoms with Crippen molar-refractivity contribution in [3.8, 4) is 0 Å². The molecule has 1 N–H and O–H groups in total. The van der Waals surface area contributed by atoms with Crippen molar-refractivity contribution in [3.05, 3.63) is 29.8 Å². The first-order valence-electron chi connectivity index (χ1n) is 7.25. The second-order valence-electron chi connectivity index (χ2n) is 5.73. The molecule has 0 bridgehead atoms. The van der Waals surface area contributed by atoms with Crippen molar-refractivity contribution < 1.29 is 0 Å². The highest BCUT2D eigenvalue weighted by Crippen LogP contribution is 2.23. The predicted octanol–water partition coefficient (Wildman–Crippen LogP) is 3.88. The Hall–Kier alpha value is -1.02. The van der Waals surface area contributed by atoms with Crippen LogP contribution in [0.1, 0.15) is 44.1 Å². The lowest BCUT2D eigenvalue weighted by atomic mass is 10.1. The van der Waals surface area contributed by atoms with Crippen molar-refractivity contribution in [1.29, 1.82) is 0 Å². The van der Waals surface area contributed by atoms with E-state index in [1.165, 1.54) is 49.8 Å². The molecule has 18 heavy (non-hydrogen) atoms. The highest BCUT2D eigenvalue weighted by atomic mass is 15.1. The van der Waals surface area contributed by atoms with Gasteiger partial charge in [0, 0.05) is 18.3 Å². The van der Waals surface area contributed by atoms with Crippen LogP contribution in [0.4, 0.5) is 5.69 Å². The van der Waals surface area contributed by atoms with E-state index in [0.717, 1.165) is 6.54 Å². The van der Waals surface area contributed by atoms with Crippen LogP contribution >= 0.6 is 0 Å². The van der Waals surface area contributed by atoms with Crippen LogP contribution < -0.4 is 5.32 Å². The quantitative estimate of drug-likeness (QED) is 0.811. The second kappa shape index (κ2) is 6.79. The maximum atomic E-state index is 3.77. The molecule has 2 heteroatoms. The lowest BCUT2D eigenvalue weighted by Crippen LogP contribution is -2.20. The molecule has 1 aromatic carbocycles. The molecule has 1 aliphatic rings. The summed E-state index contributed by atoms with van der Waals surface area (Å²) in [4.78, 5) is 2.23. The van der Waals surface area contributed by atoms with Gasteiger partial charge in [0.15, 0.2) is 0 Å². The molecule has 2 rings (SSSR count). The van der Waals surface area contributed by atoms with E-state index in [1.54, 1.807) is 0 Å². The van der Waals surface area contributed by atoms with E-state index in [9.17, 15) is 0 Å². The van der Waals surface area contributed by atoms with Crippen molar-refractivity contribution in [1.82, 2.24) is 4.90 Å². The van der Waals surface area contributed by atoms with Gasteiger partial charge in [-0.15, -0.1) is 0 Å².